The SMILES string of the molecule is OC(O)c1cccc2c1sc1ccccc12. The lowest BCUT2D eigenvalue weighted by Gasteiger charge is -2.04. The Morgan fingerprint density at radius 2 is 1.62 bits per heavy atom. The summed E-state index contributed by atoms with van der Waals surface area (Å²) in [5.74, 6) is 0. The summed E-state index contributed by atoms with van der Waals surface area (Å²) in [6.07, 6.45) is -1.41. The minimum atomic E-state index is -1.41. The maximum Gasteiger partial charge on any atom is 0.179 e. The van der Waals surface area contributed by atoms with Gasteiger partial charge in [-0.2, -0.15) is 0 Å². The molecule has 0 aliphatic carbocycles. The van der Waals surface area contributed by atoms with Gasteiger partial charge in [0.15, 0.2) is 6.29 Å². The molecule has 80 valence electrons. The molecule has 0 atom stereocenters. The van der Waals surface area contributed by atoms with Crippen LogP contribution in [0.4, 0.5) is 0 Å². The highest BCUT2D eigenvalue weighted by molar-refractivity contribution is 7.26. The van der Waals surface area contributed by atoms with Crippen LogP contribution < -0.4 is 0 Å². The Labute approximate surface area is 96.4 Å². The molecule has 0 aliphatic rings. The van der Waals surface area contributed by atoms with Crippen molar-refractivity contribution in [2.45, 2.75) is 6.29 Å². The van der Waals surface area contributed by atoms with Crippen LogP contribution in [0.5, 0.6) is 0 Å². The molecule has 2 aromatic carbocycles. The van der Waals surface area contributed by atoms with Gasteiger partial charge in [-0.1, -0.05) is 36.4 Å². The Balaban J connectivity index is 2.49. The second-order valence-corrected chi connectivity index (χ2v) is 4.75. The fourth-order valence-corrected chi connectivity index (χ4v) is 3.21. The van der Waals surface area contributed by atoms with E-state index in [4.69, 9.17) is 0 Å². The van der Waals surface area contributed by atoms with E-state index in [2.05, 4.69) is 6.07 Å². The van der Waals surface area contributed by atoms with Gasteiger partial charge < -0.3 is 10.2 Å². The highest BCUT2D eigenvalue weighted by Crippen LogP contribution is 2.37. The number of rotatable bonds is 1. The highest BCUT2D eigenvalue weighted by atomic mass is 32.1. The third-order valence-corrected chi connectivity index (χ3v) is 3.95. The van der Waals surface area contributed by atoms with Crippen molar-refractivity contribution in [3.63, 3.8) is 0 Å². The van der Waals surface area contributed by atoms with E-state index in [1.165, 1.54) is 10.1 Å². The van der Waals surface area contributed by atoms with Gasteiger partial charge in [0.1, 0.15) is 0 Å². The standard InChI is InChI=1S/C13H10O2S/c14-13(15)10-6-3-5-9-8-4-1-2-7-11(8)16-12(9)10/h1-7,13-15H. The lowest BCUT2D eigenvalue weighted by molar-refractivity contribution is -0.0411. The van der Waals surface area contributed by atoms with E-state index in [9.17, 15) is 10.2 Å². The zero-order valence-corrected chi connectivity index (χ0v) is 9.24. The molecule has 2 N–H and O–H groups in total. The van der Waals surface area contributed by atoms with Crippen molar-refractivity contribution < 1.29 is 10.2 Å². The molecule has 0 radical (unpaired) electrons. The molecule has 0 spiro atoms. The maximum atomic E-state index is 9.31. The van der Waals surface area contributed by atoms with E-state index in [1.54, 1.807) is 17.4 Å². The van der Waals surface area contributed by atoms with Crippen LogP contribution in [-0.4, -0.2) is 10.2 Å². The number of benzene rings is 2. The third-order valence-electron chi connectivity index (χ3n) is 2.71. The van der Waals surface area contributed by atoms with Gasteiger partial charge in [0.05, 0.1) is 0 Å². The van der Waals surface area contributed by atoms with Crippen LogP contribution in [0.2, 0.25) is 0 Å². The Morgan fingerprint density at radius 1 is 0.875 bits per heavy atom. The van der Waals surface area contributed by atoms with Crippen molar-refractivity contribution in [3.8, 4) is 0 Å². The molecular formula is C13H10O2S. The summed E-state index contributed by atoms with van der Waals surface area (Å²) in [6, 6.07) is 13.7. The molecule has 1 aromatic heterocycles. The van der Waals surface area contributed by atoms with Crippen molar-refractivity contribution in [1.82, 2.24) is 0 Å². The Kier molecular flexibility index (Phi) is 2.17. The smallest absolute Gasteiger partial charge is 0.179 e. The van der Waals surface area contributed by atoms with Crippen LogP contribution in [0, 0.1) is 0 Å². The van der Waals surface area contributed by atoms with Gasteiger partial charge in [0, 0.05) is 25.7 Å². The van der Waals surface area contributed by atoms with E-state index in [0.29, 0.717) is 5.56 Å². The number of thiophene rings is 1. The molecule has 0 bridgehead atoms. The Morgan fingerprint density at radius 3 is 2.44 bits per heavy atom. The average molecular weight is 230 g/mol. The second kappa shape index (κ2) is 3.56. The number of aliphatic hydroxyl groups is 2. The molecular weight excluding hydrogens is 220 g/mol. The number of hydrogen-bond acceptors (Lipinski definition) is 3. The first-order valence-corrected chi connectivity index (χ1v) is 5.85. The second-order valence-electron chi connectivity index (χ2n) is 3.70. The van der Waals surface area contributed by atoms with Crippen LogP contribution in [0.1, 0.15) is 11.9 Å². The molecule has 0 amide bonds. The fraction of sp³-hybridized carbons (Fsp3) is 0.0769. The summed E-state index contributed by atoms with van der Waals surface area (Å²) in [5.41, 5.74) is 0.582. The number of hydrogen-bond donors (Lipinski definition) is 2. The van der Waals surface area contributed by atoms with E-state index < -0.39 is 6.29 Å². The largest absolute Gasteiger partial charge is 0.364 e. The van der Waals surface area contributed by atoms with Gasteiger partial charge in [-0.25, -0.2) is 0 Å². The quantitative estimate of drug-likeness (QED) is 0.631. The molecule has 3 aromatic rings. The molecule has 0 fully saturated rings. The summed E-state index contributed by atoms with van der Waals surface area (Å²) in [5, 5.41) is 20.9. The van der Waals surface area contributed by atoms with Gasteiger partial charge in [0.2, 0.25) is 0 Å². The topological polar surface area (TPSA) is 40.5 Å². The summed E-state index contributed by atoms with van der Waals surface area (Å²) >= 11 is 1.60. The molecule has 16 heavy (non-hydrogen) atoms. The maximum absolute atomic E-state index is 9.31. The zero-order chi connectivity index (χ0) is 11.1. The van der Waals surface area contributed by atoms with Crippen LogP contribution >= 0.6 is 11.3 Å². The first-order chi connectivity index (χ1) is 7.77. The molecule has 2 nitrogen and oxygen atoms in total. The van der Waals surface area contributed by atoms with Gasteiger partial charge in [-0.15, -0.1) is 11.3 Å². The molecule has 3 heteroatoms. The Bertz CT molecular complexity index is 655. The van der Waals surface area contributed by atoms with E-state index >= 15 is 0 Å². The predicted molar refractivity (Wildman–Crippen MR) is 66.5 cm³/mol. The summed E-state index contributed by atoms with van der Waals surface area (Å²) in [7, 11) is 0. The zero-order valence-electron chi connectivity index (χ0n) is 8.42. The third kappa shape index (κ3) is 1.33. The van der Waals surface area contributed by atoms with Crippen molar-refractivity contribution in [2.75, 3.05) is 0 Å². The normalized spacial score (nSPS) is 11.7. The molecule has 0 saturated carbocycles. The monoisotopic (exact) mass is 230 g/mol. The molecule has 0 aliphatic heterocycles. The fourth-order valence-electron chi connectivity index (χ4n) is 1.97. The summed E-state index contributed by atoms with van der Waals surface area (Å²) in [6.45, 7) is 0. The summed E-state index contributed by atoms with van der Waals surface area (Å²) < 4.78 is 2.13. The van der Waals surface area contributed by atoms with Crippen molar-refractivity contribution in [3.05, 3.63) is 48.0 Å². The summed E-state index contributed by atoms with van der Waals surface area (Å²) in [4.78, 5) is 0. The molecule has 1 heterocycles. The van der Waals surface area contributed by atoms with Crippen molar-refractivity contribution in [1.29, 1.82) is 0 Å². The van der Waals surface area contributed by atoms with E-state index in [-0.39, 0.29) is 0 Å². The minimum Gasteiger partial charge on any atom is -0.364 e. The molecule has 0 saturated heterocycles. The van der Waals surface area contributed by atoms with Gasteiger partial charge in [-0.05, 0) is 6.07 Å². The van der Waals surface area contributed by atoms with Crippen LogP contribution in [0.25, 0.3) is 20.2 Å². The van der Waals surface area contributed by atoms with Gasteiger partial charge in [-0.3, -0.25) is 0 Å². The van der Waals surface area contributed by atoms with Crippen LogP contribution in [-0.2, 0) is 0 Å². The van der Waals surface area contributed by atoms with Crippen LogP contribution in [0.3, 0.4) is 0 Å². The van der Waals surface area contributed by atoms with Crippen molar-refractivity contribution >= 4 is 31.5 Å². The number of fused-ring (bicyclic) bond motifs is 3. The van der Waals surface area contributed by atoms with Gasteiger partial charge >= 0.3 is 0 Å². The lowest BCUT2D eigenvalue weighted by Crippen LogP contribution is -1.93. The Hall–Kier alpha value is -1.42. The molecule has 0 unspecified atom stereocenters. The minimum absolute atomic E-state index is 0.582. The van der Waals surface area contributed by atoms with E-state index in [0.717, 1.165) is 10.1 Å². The number of aliphatic hydroxyl groups excluding tert-OH is 1. The predicted octanol–water partition coefficient (Wildman–Crippen LogP) is 3.04. The van der Waals surface area contributed by atoms with Crippen molar-refractivity contribution in [2.24, 2.45) is 0 Å². The average Bonchev–Trinajstić information content (AvgIpc) is 2.67. The highest BCUT2D eigenvalue weighted by Gasteiger charge is 2.11. The van der Waals surface area contributed by atoms with Gasteiger partial charge in [0.25, 0.3) is 0 Å². The lowest BCUT2D eigenvalue weighted by atomic mass is 10.1. The first kappa shape index (κ1) is 9.78. The molecule has 3 rings (SSSR count). The van der Waals surface area contributed by atoms with Crippen LogP contribution in [0.15, 0.2) is 42.5 Å². The van der Waals surface area contributed by atoms with E-state index in [1.807, 2.05) is 30.3 Å². The first-order valence-electron chi connectivity index (χ1n) is 5.03.